The summed E-state index contributed by atoms with van der Waals surface area (Å²) in [5.74, 6) is 0. The molecule has 1 aromatic carbocycles. The van der Waals surface area contributed by atoms with Crippen molar-refractivity contribution in [2.75, 3.05) is 6.61 Å². The molecule has 1 aliphatic rings. The first-order chi connectivity index (χ1) is 16.8. The van der Waals surface area contributed by atoms with Crippen molar-refractivity contribution in [1.29, 1.82) is 0 Å². The largest absolute Gasteiger partial charge is 1.00 e. The van der Waals surface area contributed by atoms with Crippen LogP contribution in [0.5, 0.6) is 0 Å². The smallest absolute Gasteiger partial charge is 0.756 e. The molecule has 2 aromatic heterocycles. The number of hydrogen-bond donors (Lipinski definition) is 4. The average molecular weight is 571 g/mol. The predicted molar refractivity (Wildman–Crippen MR) is 115 cm³/mol. The van der Waals surface area contributed by atoms with Crippen molar-refractivity contribution < 1.29 is 81.7 Å². The Morgan fingerprint density at radius 3 is 2.54 bits per heavy atom. The standard InChI is InChI=1S/C18H21N3O13P2.Na/c1-9-2-3-12-10(6-9)11(19-33-12)7-21-14(22)4-5-20(18(21)25)17-16(24)15(23)13(32-17)8-31-36(29,30)34-35(26,27)28;/h2-6,13,15-17,23-24H,7-8H2,1H3,(H,29,30)(H2,26,27,28);/q;+1/p-1/t13-,15+,16?,17-;/m1./s1. The Morgan fingerprint density at radius 2 is 1.86 bits per heavy atom. The van der Waals surface area contributed by atoms with Crippen LogP contribution in [0, 0.1) is 6.92 Å². The van der Waals surface area contributed by atoms with Crippen LogP contribution in [0.25, 0.3) is 11.0 Å². The van der Waals surface area contributed by atoms with Gasteiger partial charge in [0.1, 0.15) is 24.0 Å². The van der Waals surface area contributed by atoms with Crippen molar-refractivity contribution in [3.8, 4) is 0 Å². The molecule has 19 heteroatoms. The van der Waals surface area contributed by atoms with E-state index in [0.29, 0.717) is 16.7 Å². The van der Waals surface area contributed by atoms with E-state index in [2.05, 4.69) is 14.0 Å². The van der Waals surface area contributed by atoms with Gasteiger partial charge in [-0.2, -0.15) is 0 Å². The number of phosphoric acid groups is 2. The summed E-state index contributed by atoms with van der Waals surface area (Å²) >= 11 is 0. The molecular formula is C18H20N3NaO13P2. The van der Waals surface area contributed by atoms with E-state index in [-0.39, 0.29) is 36.1 Å². The molecule has 37 heavy (non-hydrogen) atoms. The first-order valence-corrected chi connectivity index (χ1v) is 13.2. The summed E-state index contributed by atoms with van der Waals surface area (Å²) < 4.78 is 42.4. The first kappa shape index (κ1) is 30.1. The molecule has 0 bridgehead atoms. The number of nitrogens with zero attached hydrogens (tertiary/aromatic N) is 3. The molecule has 16 nitrogen and oxygen atoms in total. The Balaban J connectivity index is 0.00000380. The van der Waals surface area contributed by atoms with Gasteiger partial charge < -0.3 is 34.2 Å². The number of ether oxygens (including phenoxy) is 1. The molecule has 196 valence electrons. The summed E-state index contributed by atoms with van der Waals surface area (Å²) in [6.45, 7) is 0.586. The van der Waals surface area contributed by atoms with Crippen LogP contribution in [0.4, 0.5) is 0 Å². The zero-order valence-corrected chi connectivity index (χ0v) is 23.1. The molecular weight excluding hydrogens is 551 g/mol. The Morgan fingerprint density at radius 1 is 1.16 bits per heavy atom. The fraction of sp³-hybridized carbons (Fsp3) is 0.389. The average Bonchev–Trinajstić information content (AvgIpc) is 3.29. The molecule has 0 radical (unpaired) electrons. The van der Waals surface area contributed by atoms with Crippen molar-refractivity contribution in [2.45, 2.75) is 38.0 Å². The van der Waals surface area contributed by atoms with E-state index in [9.17, 15) is 38.7 Å². The Labute approximate surface area is 229 Å². The molecule has 3 heterocycles. The van der Waals surface area contributed by atoms with Gasteiger partial charge >= 0.3 is 43.1 Å². The summed E-state index contributed by atoms with van der Waals surface area (Å²) in [5.41, 5.74) is -0.00202. The molecule has 4 rings (SSSR count). The molecule has 3 aromatic rings. The second-order valence-electron chi connectivity index (χ2n) is 7.92. The van der Waals surface area contributed by atoms with Crippen LogP contribution in [-0.2, 0) is 29.2 Å². The second kappa shape index (κ2) is 11.3. The predicted octanol–water partition coefficient (Wildman–Crippen LogP) is -4.27. The summed E-state index contributed by atoms with van der Waals surface area (Å²) in [6.07, 6.45) is -5.60. The summed E-state index contributed by atoms with van der Waals surface area (Å²) in [6, 6.07) is 6.27. The van der Waals surface area contributed by atoms with Gasteiger partial charge in [0, 0.05) is 17.6 Å². The van der Waals surface area contributed by atoms with Gasteiger partial charge in [-0.25, -0.2) is 13.7 Å². The van der Waals surface area contributed by atoms with E-state index < -0.39 is 58.0 Å². The van der Waals surface area contributed by atoms with Gasteiger partial charge in [-0.15, -0.1) is 0 Å². The Kier molecular flexibility index (Phi) is 9.20. The number of hydrogen-bond acceptors (Lipinski definition) is 12. The van der Waals surface area contributed by atoms with E-state index in [1.165, 1.54) is 0 Å². The van der Waals surface area contributed by atoms with Gasteiger partial charge in [0.15, 0.2) is 11.8 Å². The van der Waals surface area contributed by atoms with Gasteiger partial charge in [-0.05, 0) is 19.1 Å². The second-order valence-corrected chi connectivity index (χ2v) is 10.7. The Hall–Kier alpha value is -1.49. The Bertz CT molecular complexity index is 1500. The van der Waals surface area contributed by atoms with Gasteiger partial charge in [0.25, 0.3) is 13.4 Å². The SMILES string of the molecule is Cc1ccc2onc(Cn3c(=O)ccn([C@@H]4O[C@H](COP(=O)(O)OP(=O)([O-])O)[C@H](O)C4O)c3=O)c2c1.[Na+]. The third kappa shape index (κ3) is 6.75. The maximum absolute atomic E-state index is 13.1. The van der Waals surface area contributed by atoms with E-state index in [1.54, 1.807) is 18.2 Å². The molecule has 0 spiro atoms. The molecule has 0 saturated carbocycles. The molecule has 1 aliphatic heterocycles. The van der Waals surface area contributed by atoms with E-state index in [1.807, 2.05) is 6.92 Å². The molecule has 0 amide bonds. The zero-order valence-electron chi connectivity index (χ0n) is 19.3. The van der Waals surface area contributed by atoms with Crippen LogP contribution in [0.1, 0.15) is 17.5 Å². The van der Waals surface area contributed by atoms with Gasteiger partial charge in [-0.3, -0.25) is 23.0 Å². The van der Waals surface area contributed by atoms with Gasteiger partial charge in [-0.1, -0.05) is 16.8 Å². The quantitative estimate of drug-likeness (QED) is 0.148. The molecule has 4 N–H and O–H groups in total. The number of aryl methyl sites for hydroxylation is 1. The van der Waals surface area contributed by atoms with E-state index in [0.717, 1.165) is 27.0 Å². The van der Waals surface area contributed by atoms with Crippen LogP contribution in [-0.4, -0.2) is 59.2 Å². The number of aromatic nitrogens is 3. The van der Waals surface area contributed by atoms with E-state index in [4.69, 9.17) is 14.2 Å². The van der Waals surface area contributed by atoms with Crippen LogP contribution in [0.3, 0.4) is 0 Å². The fourth-order valence-corrected chi connectivity index (χ4v) is 5.22. The molecule has 1 saturated heterocycles. The van der Waals surface area contributed by atoms with Crippen molar-refractivity contribution in [2.24, 2.45) is 0 Å². The molecule has 6 atom stereocenters. The summed E-state index contributed by atoms with van der Waals surface area (Å²) in [7, 11) is -10.9. The minimum atomic E-state index is -5.63. The van der Waals surface area contributed by atoms with E-state index >= 15 is 0 Å². The number of aliphatic hydroxyl groups excluding tert-OH is 2. The first-order valence-electron chi connectivity index (χ1n) is 10.2. The van der Waals surface area contributed by atoms with Crippen LogP contribution < -0.4 is 45.7 Å². The minimum absolute atomic E-state index is 0. The van der Waals surface area contributed by atoms with Crippen molar-refractivity contribution in [3.63, 3.8) is 0 Å². The zero-order chi connectivity index (χ0) is 26.4. The third-order valence-electron chi connectivity index (χ3n) is 5.32. The number of benzene rings is 1. The van der Waals surface area contributed by atoms with Gasteiger partial charge in [0.2, 0.25) is 0 Å². The maximum Gasteiger partial charge on any atom is 1.00 e. The monoisotopic (exact) mass is 571 g/mol. The van der Waals surface area contributed by atoms with Crippen molar-refractivity contribution >= 4 is 26.6 Å². The third-order valence-corrected chi connectivity index (χ3v) is 7.45. The minimum Gasteiger partial charge on any atom is -0.756 e. The summed E-state index contributed by atoms with van der Waals surface area (Å²) in [5, 5.41) is 25.2. The normalized spacial score (nSPS) is 24.9. The number of aliphatic hydroxyl groups is 2. The molecule has 0 aliphatic carbocycles. The number of rotatable bonds is 8. The van der Waals surface area contributed by atoms with Crippen LogP contribution >= 0.6 is 15.6 Å². The summed E-state index contributed by atoms with van der Waals surface area (Å²) in [4.78, 5) is 54.1. The van der Waals surface area contributed by atoms with Crippen molar-refractivity contribution in [3.05, 3.63) is 62.6 Å². The van der Waals surface area contributed by atoms with Gasteiger partial charge in [0.05, 0.1) is 13.2 Å². The number of fused-ring (bicyclic) bond motifs is 1. The van der Waals surface area contributed by atoms with Crippen LogP contribution in [0.15, 0.2) is 44.6 Å². The van der Waals surface area contributed by atoms with Crippen LogP contribution in [0.2, 0.25) is 0 Å². The number of phosphoric ester groups is 1. The molecule has 3 unspecified atom stereocenters. The molecule has 1 fully saturated rings. The fourth-order valence-electron chi connectivity index (χ4n) is 3.66. The van der Waals surface area contributed by atoms with Crippen molar-refractivity contribution in [1.82, 2.24) is 14.3 Å². The maximum atomic E-state index is 13.1. The topological polar surface area (TPSA) is 236 Å².